The number of carbonyl (C=O) groups excluding carboxylic acids is 2. The zero-order valence-corrected chi connectivity index (χ0v) is 15.5. The molecule has 24 heavy (non-hydrogen) atoms. The molecule has 0 radical (unpaired) electrons. The van der Waals surface area contributed by atoms with Gasteiger partial charge in [-0.15, -0.1) is 0 Å². The van der Waals surface area contributed by atoms with Crippen LogP contribution in [0.1, 0.15) is 63.2 Å². The van der Waals surface area contributed by atoms with Crippen LogP contribution in [-0.4, -0.2) is 23.0 Å². The van der Waals surface area contributed by atoms with E-state index in [1.165, 1.54) is 0 Å². The fourth-order valence-electron chi connectivity index (χ4n) is 2.07. The average Bonchev–Trinajstić information content (AvgIpc) is 2.55. The lowest BCUT2D eigenvalue weighted by Gasteiger charge is -2.15. The van der Waals surface area contributed by atoms with Crippen LogP contribution in [0.5, 0.6) is 0 Å². The van der Waals surface area contributed by atoms with Crippen molar-refractivity contribution in [2.75, 3.05) is 5.32 Å². The van der Waals surface area contributed by atoms with E-state index in [9.17, 15) is 9.59 Å². The van der Waals surface area contributed by atoms with Crippen molar-refractivity contribution in [3.63, 3.8) is 0 Å². The molecule has 0 aliphatic rings. The molecule has 6 heteroatoms. The maximum absolute atomic E-state index is 12.3. The summed E-state index contributed by atoms with van der Waals surface area (Å²) >= 11 is 5.17. The van der Waals surface area contributed by atoms with Gasteiger partial charge in [-0.1, -0.05) is 38.8 Å². The first kappa shape index (κ1) is 20.1. The molecule has 1 rings (SSSR count). The van der Waals surface area contributed by atoms with Gasteiger partial charge in [0.2, 0.25) is 5.91 Å². The van der Waals surface area contributed by atoms with Crippen molar-refractivity contribution >= 4 is 34.8 Å². The Bertz CT molecular complexity index is 575. The van der Waals surface area contributed by atoms with Gasteiger partial charge in [-0.3, -0.25) is 9.59 Å². The van der Waals surface area contributed by atoms with E-state index >= 15 is 0 Å². The van der Waals surface area contributed by atoms with Crippen LogP contribution in [0.25, 0.3) is 0 Å². The van der Waals surface area contributed by atoms with E-state index in [4.69, 9.17) is 12.2 Å². The van der Waals surface area contributed by atoms with Crippen LogP contribution in [0.2, 0.25) is 0 Å². The van der Waals surface area contributed by atoms with Gasteiger partial charge in [-0.25, -0.2) is 0 Å². The molecule has 0 spiro atoms. The minimum Gasteiger partial charge on any atom is -0.350 e. The van der Waals surface area contributed by atoms with E-state index < -0.39 is 0 Å². The van der Waals surface area contributed by atoms with Crippen molar-refractivity contribution in [3.8, 4) is 0 Å². The molecule has 1 aromatic carbocycles. The molecule has 5 nitrogen and oxygen atoms in total. The summed E-state index contributed by atoms with van der Waals surface area (Å²) in [6, 6.07) is 7.19. The number of anilines is 1. The van der Waals surface area contributed by atoms with E-state index in [2.05, 4.69) is 22.9 Å². The van der Waals surface area contributed by atoms with Crippen LogP contribution in [0.15, 0.2) is 24.3 Å². The van der Waals surface area contributed by atoms with Crippen molar-refractivity contribution in [1.82, 2.24) is 10.6 Å². The standard InChI is InChI=1S/C18H27N3O2S/c1-4-6-7-12-16(22)21-18(24)20-15-11-9-8-10-14(15)17(23)19-13(3)5-2/h8-11,13H,4-7,12H2,1-3H3,(H,19,23)(H2,20,21,22,24). The Labute approximate surface area is 149 Å². The second-order valence-corrected chi connectivity index (χ2v) is 6.20. The minimum absolute atomic E-state index is 0.0933. The zero-order chi connectivity index (χ0) is 17.9. The molecule has 132 valence electrons. The summed E-state index contributed by atoms with van der Waals surface area (Å²) in [6.07, 6.45) is 4.24. The first-order chi connectivity index (χ1) is 11.5. The second kappa shape index (κ2) is 10.8. The van der Waals surface area contributed by atoms with Gasteiger partial charge in [-0.05, 0) is 44.1 Å². The first-order valence-corrected chi connectivity index (χ1v) is 8.89. The normalized spacial score (nSPS) is 11.5. The van der Waals surface area contributed by atoms with Crippen LogP contribution in [0.4, 0.5) is 5.69 Å². The lowest BCUT2D eigenvalue weighted by molar-refractivity contribution is -0.119. The number of para-hydroxylation sites is 1. The van der Waals surface area contributed by atoms with Crippen LogP contribution in [0, 0.1) is 0 Å². The van der Waals surface area contributed by atoms with Crippen molar-refractivity contribution in [2.24, 2.45) is 0 Å². The highest BCUT2D eigenvalue weighted by Gasteiger charge is 2.14. The molecule has 0 heterocycles. The molecule has 0 saturated heterocycles. The number of benzene rings is 1. The lowest BCUT2D eigenvalue weighted by atomic mass is 10.1. The van der Waals surface area contributed by atoms with Crippen LogP contribution in [0.3, 0.4) is 0 Å². The molecule has 0 aliphatic heterocycles. The summed E-state index contributed by atoms with van der Waals surface area (Å²) in [5, 5.41) is 8.73. The third kappa shape index (κ3) is 7.08. The van der Waals surface area contributed by atoms with E-state index in [0.29, 0.717) is 17.7 Å². The highest BCUT2D eigenvalue weighted by molar-refractivity contribution is 7.80. The summed E-state index contributed by atoms with van der Waals surface area (Å²) in [7, 11) is 0. The fraction of sp³-hybridized carbons (Fsp3) is 0.500. The van der Waals surface area contributed by atoms with Gasteiger partial charge in [-0.2, -0.15) is 0 Å². The second-order valence-electron chi connectivity index (χ2n) is 5.79. The summed E-state index contributed by atoms with van der Waals surface area (Å²) < 4.78 is 0. The van der Waals surface area contributed by atoms with Gasteiger partial charge < -0.3 is 16.0 Å². The maximum atomic E-state index is 12.3. The molecule has 3 N–H and O–H groups in total. The molecule has 0 saturated carbocycles. The van der Waals surface area contributed by atoms with E-state index in [1.54, 1.807) is 18.2 Å². The number of amides is 2. The number of hydrogen-bond donors (Lipinski definition) is 3. The molecule has 0 bridgehead atoms. The monoisotopic (exact) mass is 349 g/mol. The maximum Gasteiger partial charge on any atom is 0.253 e. The van der Waals surface area contributed by atoms with Crippen molar-refractivity contribution in [1.29, 1.82) is 0 Å². The predicted molar refractivity (Wildman–Crippen MR) is 102 cm³/mol. The Morgan fingerprint density at radius 3 is 2.54 bits per heavy atom. The van der Waals surface area contributed by atoms with Gasteiger partial charge >= 0.3 is 0 Å². The largest absolute Gasteiger partial charge is 0.350 e. The third-order valence-corrected chi connectivity index (χ3v) is 3.87. The molecule has 0 aromatic heterocycles. The molecule has 0 aliphatic carbocycles. The Balaban J connectivity index is 2.65. The fourth-order valence-corrected chi connectivity index (χ4v) is 2.30. The Morgan fingerprint density at radius 1 is 1.17 bits per heavy atom. The van der Waals surface area contributed by atoms with Crippen LogP contribution in [-0.2, 0) is 4.79 Å². The van der Waals surface area contributed by atoms with Crippen molar-refractivity contribution in [2.45, 2.75) is 58.9 Å². The summed E-state index contributed by atoms with van der Waals surface area (Å²) in [4.78, 5) is 24.1. The van der Waals surface area contributed by atoms with Crippen LogP contribution >= 0.6 is 12.2 Å². The van der Waals surface area contributed by atoms with Crippen molar-refractivity contribution < 1.29 is 9.59 Å². The lowest BCUT2D eigenvalue weighted by Crippen LogP contribution is -2.36. The Morgan fingerprint density at radius 2 is 1.88 bits per heavy atom. The number of carbonyl (C=O) groups is 2. The Hall–Kier alpha value is -1.95. The summed E-state index contributed by atoms with van der Waals surface area (Å²) in [5.41, 5.74) is 1.08. The molecular formula is C18H27N3O2S. The highest BCUT2D eigenvalue weighted by Crippen LogP contribution is 2.15. The number of thiocarbonyl (C=S) groups is 1. The predicted octanol–water partition coefficient (Wildman–Crippen LogP) is 3.61. The van der Waals surface area contributed by atoms with Gasteiger partial charge in [0, 0.05) is 12.5 Å². The molecule has 2 amide bonds. The average molecular weight is 350 g/mol. The Kier molecular flexibility index (Phi) is 9.01. The van der Waals surface area contributed by atoms with Gasteiger partial charge in [0.1, 0.15) is 0 Å². The third-order valence-electron chi connectivity index (χ3n) is 3.67. The topological polar surface area (TPSA) is 70.2 Å². The summed E-state index contributed by atoms with van der Waals surface area (Å²) in [6.45, 7) is 6.05. The molecule has 0 fully saturated rings. The molecule has 1 unspecified atom stereocenters. The van der Waals surface area contributed by atoms with Gasteiger partial charge in [0.25, 0.3) is 5.91 Å². The van der Waals surface area contributed by atoms with Gasteiger partial charge in [0.05, 0.1) is 11.3 Å². The van der Waals surface area contributed by atoms with Crippen LogP contribution < -0.4 is 16.0 Å². The number of rotatable bonds is 8. The first-order valence-electron chi connectivity index (χ1n) is 8.48. The minimum atomic E-state index is -0.162. The zero-order valence-electron chi connectivity index (χ0n) is 14.6. The SMILES string of the molecule is CCCCCC(=O)NC(=S)Nc1ccccc1C(=O)NC(C)CC. The smallest absolute Gasteiger partial charge is 0.253 e. The van der Waals surface area contributed by atoms with E-state index in [0.717, 1.165) is 25.7 Å². The number of nitrogens with one attached hydrogen (secondary N) is 3. The van der Waals surface area contributed by atoms with Gasteiger partial charge in [0.15, 0.2) is 5.11 Å². The number of hydrogen-bond acceptors (Lipinski definition) is 3. The summed E-state index contributed by atoms with van der Waals surface area (Å²) in [5.74, 6) is -0.271. The molecule has 1 atom stereocenters. The quantitative estimate of drug-likeness (QED) is 0.495. The van der Waals surface area contributed by atoms with E-state index in [1.807, 2.05) is 19.9 Å². The molecule has 1 aromatic rings. The molecular weight excluding hydrogens is 322 g/mol. The number of unbranched alkanes of at least 4 members (excludes halogenated alkanes) is 2. The van der Waals surface area contributed by atoms with E-state index in [-0.39, 0.29) is 23.0 Å². The highest BCUT2D eigenvalue weighted by atomic mass is 32.1. The van der Waals surface area contributed by atoms with Crippen molar-refractivity contribution in [3.05, 3.63) is 29.8 Å².